The zero-order chi connectivity index (χ0) is 15.8. The third kappa shape index (κ3) is 5.24. The largest absolute Gasteiger partial charge is 0.387 e. The molecule has 0 bridgehead atoms. The minimum Gasteiger partial charge on any atom is -0.387 e. The van der Waals surface area contributed by atoms with E-state index in [4.69, 9.17) is 0 Å². The van der Waals surface area contributed by atoms with E-state index in [0.29, 0.717) is 18.7 Å². The highest BCUT2D eigenvalue weighted by Crippen LogP contribution is 2.15. The van der Waals surface area contributed by atoms with Crippen LogP contribution in [-0.2, 0) is 17.6 Å². The topological polar surface area (TPSA) is 54.3 Å². The Morgan fingerprint density at radius 3 is 2.73 bits per heavy atom. The Bertz CT molecular complexity index is 583. The molecule has 0 saturated heterocycles. The molecule has 0 saturated carbocycles. The van der Waals surface area contributed by atoms with Crippen molar-refractivity contribution < 1.29 is 9.90 Å². The van der Waals surface area contributed by atoms with Crippen LogP contribution in [0.3, 0.4) is 0 Å². The molecular formula is C17H22N2O2S. The second-order valence-corrected chi connectivity index (χ2v) is 6.16. The molecule has 1 aromatic heterocycles. The van der Waals surface area contributed by atoms with Gasteiger partial charge in [0.15, 0.2) is 0 Å². The van der Waals surface area contributed by atoms with Gasteiger partial charge in [-0.1, -0.05) is 30.3 Å². The van der Waals surface area contributed by atoms with Crippen molar-refractivity contribution in [3.8, 4) is 0 Å². The summed E-state index contributed by atoms with van der Waals surface area (Å²) in [6.45, 7) is 0.483. The number of thioether (sulfide) groups is 1. The molecule has 2 N–H and O–H groups in total. The van der Waals surface area contributed by atoms with Crippen LogP contribution in [0.15, 0.2) is 48.7 Å². The van der Waals surface area contributed by atoms with E-state index in [9.17, 15) is 9.90 Å². The second kappa shape index (κ2) is 8.66. The molecule has 1 atom stereocenters. The van der Waals surface area contributed by atoms with Gasteiger partial charge in [-0.3, -0.25) is 4.79 Å². The number of nitrogens with one attached hydrogen (secondary N) is 1. The third-order valence-electron chi connectivity index (χ3n) is 3.41. The Labute approximate surface area is 135 Å². The molecule has 1 aromatic carbocycles. The van der Waals surface area contributed by atoms with Crippen LogP contribution < -0.4 is 5.32 Å². The fraction of sp³-hybridized carbons (Fsp3) is 0.353. The van der Waals surface area contributed by atoms with Gasteiger partial charge in [-0.25, -0.2) is 0 Å². The van der Waals surface area contributed by atoms with Crippen LogP contribution in [0.1, 0.15) is 23.8 Å². The standard InChI is InChI=1S/C17H22N2O2S/c1-19-11-5-8-15(19)16(20)9-10-18-17(21)13-22-12-14-6-3-2-4-7-14/h2-8,11,16,20H,9-10,12-13H2,1H3,(H,18,21). The van der Waals surface area contributed by atoms with Crippen LogP contribution in [0.5, 0.6) is 0 Å². The predicted molar refractivity (Wildman–Crippen MR) is 90.6 cm³/mol. The molecule has 2 rings (SSSR count). The summed E-state index contributed by atoms with van der Waals surface area (Å²) < 4.78 is 1.89. The smallest absolute Gasteiger partial charge is 0.230 e. The number of amides is 1. The average Bonchev–Trinajstić information content (AvgIpc) is 2.94. The molecule has 2 aromatic rings. The Kier molecular flexibility index (Phi) is 6.55. The lowest BCUT2D eigenvalue weighted by Crippen LogP contribution is -2.27. The zero-order valence-corrected chi connectivity index (χ0v) is 13.6. The van der Waals surface area contributed by atoms with Crippen LogP contribution in [0.25, 0.3) is 0 Å². The first-order valence-electron chi connectivity index (χ1n) is 7.34. The molecule has 22 heavy (non-hydrogen) atoms. The van der Waals surface area contributed by atoms with Gasteiger partial charge in [0.25, 0.3) is 0 Å². The molecule has 0 spiro atoms. The molecule has 0 fully saturated rings. The monoisotopic (exact) mass is 318 g/mol. The first kappa shape index (κ1) is 16.6. The molecule has 0 aliphatic carbocycles. The van der Waals surface area contributed by atoms with Crippen LogP contribution in [-0.4, -0.2) is 27.9 Å². The quantitative estimate of drug-likeness (QED) is 0.786. The number of hydrogen-bond acceptors (Lipinski definition) is 3. The summed E-state index contributed by atoms with van der Waals surface area (Å²) in [4.78, 5) is 11.7. The number of carbonyl (C=O) groups excluding carboxylic acids is 1. The summed E-state index contributed by atoms with van der Waals surface area (Å²) in [5.41, 5.74) is 2.09. The van der Waals surface area contributed by atoms with Gasteiger partial charge in [-0.15, -0.1) is 11.8 Å². The number of rotatable bonds is 8. The highest BCUT2D eigenvalue weighted by molar-refractivity contribution is 7.99. The van der Waals surface area contributed by atoms with E-state index in [1.165, 1.54) is 5.56 Å². The number of carbonyl (C=O) groups is 1. The molecule has 4 nitrogen and oxygen atoms in total. The molecule has 0 aliphatic rings. The van der Waals surface area contributed by atoms with Crippen molar-refractivity contribution in [3.63, 3.8) is 0 Å². The van der Waals surface area contributed by atoms with E-state index >= 15 is 0 Å². The van der Waals surface area contributed by atoms with E-state index < -0.39 is 6.10 Å². The molecule has 1 amide bonds. The van der Waals surface area contributed by atoms with E-state index in [0.717, 1.165) is 11.4 Å². The number of aliphatic hydroxyl groups is 1. The van der Waals surface area contributed by atoms with E-state index in [2.05, 4.69) is 17.4 Å². The van der Waals surface area contributed by atoms with Crippen LogP contribution in [0.2, 0.25) is 0 Å². The molecule has 5 heteroatoms. The highest BCUT2D eigenvalue weighted by Gasteiger charge is 2.10. The maximum absolute atomic E-state index is 11.7. The predicted octanol–water partition coefficient (Wildman–Crippen LogP) is 2.50. The summed E-state index contributed by atoms with van der Waals surface area (Å²) in [6.07, 6.45) is 1.88. The minimum absolute atomic E-state index is 0.0139. The lowest BCUT2D eigenvalue weighted by molar-refractivity contribution is -0.118. The number of hydrogen-bond donors (Lipinski definition) is 2. The second-order valence-electron chi connectivity index (χ2n) is 5.18. The van der Waals surface area contributed by atoms with Gasteiger partial charge in [-0.2, -0.15) is 0 Å². The fourth-order valence-corrected chi connectivity index (χ4v) is 3.02. The number of nitrogens with zero attached hydrogens (tertiary/aromatic N) is 1. The maximum Gasteiger partial charge on any atom is 0.230 e. The van der Waals surface area contributed by atoms with E-state index in [-0.39, 0.29) is 5.91 Å². The van der Waals surface area contributed by atoms with Crippen LogP contribution in [0.4, 0.5) is 0 Å². The van der Waals surface area contributed by atoms with Crippen LogP contribution in [0, 0.1) is 0 Å². The average molecular weight is 318 g/mol. The summed E-state index contributed by atoms with van der Waals surface area (Å²) in [6, 6.07) is 13.9. The molecule has 0 aliphatic heterocycles. The summed E-state index contributed by atoms with van der Waals surface area (Å²) in [7, 11) is 1.90. The van der Waals surface area contributed by atoms with Crippen molar-refractivity contribution in [3.05, 3.63) is 59.9 Å². The van der Waals surface area contributed by atoms with E-state index in [1.807, 2.05) is 48.1 Å². The Morgan fingerprint density at radius 1 is 1.27 bits per heavy atom. The molecule has 1 heterocycles. The molecule has 1 unspecified atom stereocenters. The lowest BCUT2D eigenvalue weighted by Gasteiger charge is -2.12. The van der Waals surface area contributed by atoms with Gasteiger partial charge in [-0.05, 0) is 24.1 Å². The number of aliphatic hydroxyl groups excluding tert-OH is 1. The minimum atomic E-state index is -0.544. The van der Waals surface area contributed by atoms with Crippen molar-refractivity contribution >= 4 is 17.7 Å². The Balaban J connectivity index is 1.61. The summed E-state index contributed by atoms with van der Waals surface area (Å²) in [5, 5.41) is 12.9. The number of aryl methyl sites for hydroxylation is 1. The molecule has 118 valence electrons. The third-order valence-corrected chi connectivity index (χ3v) is 4.41. The maximum atomic E-state index is 11.7. The first-order valence-corrected chi connectivity index (χ1v) is 8.50. The highest BCUT2D eigenvalue weighted by atomic mass is 32.2. The van der Waals surface area contributed by atoms with Crippen molar-refractivity contribution in [2.75, 3.05) is 12.3 Å². The summed E-state index contributed by atoms with van der Waals surface area (Å²) in [5.74, 6) is 1.29. The van der Waals surface area contributed by atoms with Gasteiger partial charge in [0.2, 0.25) is 5.91 Å². The van der Waals surface area contributed by atoms with Crippen molar-refractivity contribution in [2.24, 2.45) is 7.05 Å². The van der Waals surface area contributed by atoms with Gasteiger partial charge in [0.1, 0.15) is 0 Å². The first-order chi connectivity index (χ1) is 10.7. The SMILES string of the molecule is Cn1cccc1C(O)CCNC(=O)CSCc1ccccc1. The normalized spacial score (nSPS) is 12.1. The Hall–Kier alpha value is -1.72. The Morgan fingerprint density at radius 2 is 2.05 bits per heavy atom. The molecule has 0 radical (unpaired) electrons. The number of aromatic nitrogens is 1. The lowest BCUT2D eigenvalue weighted by atomic mass is 10.2. The fourth-order valence-electron chi connectivity index (χ4n) is 2.20. The zero-order valence-electron chi connectivity index (χ0n) is 12.7. The van der Waals surface area contributed by atoms with Gasteiger partial charge in [0, 0.05) is 31.2 Å². The number of benzene rings is 1. The van der Waals surface area contributed by atoms with Crippen molar-refractivity contribution in [2.45, 2.75) is 18.3 Å². The van der Waals surface area contributed by atoms with Crippen molar-refractivity contribution in [1.29, 1.82) is 0 Å². The van der Waals surface area contributed by atoms with Gasteiger partial charge in [0.05, 0.1) is 11.9 Å². The van der Waals surface area contributed by atoms with Gasteiger partial charge >= 0.3 is 0 Å². The van der Waals surface area contributed by atoms with Gasteiger partial charge < -0.3 is 15.0 Å². The molecular weight excluding hydrogens is 296 g/mol. The summed E-state index contributed by atoms with van der Waals surface area (Å²) >= 11 is 1.59. The van der Waals surface area contributed by atoms with E-state index in [1.54, 1.807) is 11.8 Å². The van der Waals surface area contributed by atoms with Crippen LogP contribution >= 0.6 is 11.8 Å². The van der Waals surface area contributed by atoms with Crippen molar-refractivity contribution in [1.82, 2.24) is 9.88 Å².